The normalized spacial score (nSPS) is 12.9. The third kappa shape index (κ3) is 5.19. The maximum Gasteiger partial charge on any atom is 0.0978 e. The molecule has 2 heterocycles. The molecule has 10 aromatic carbocycles. The summed E-state index contributed by atoms with van der Waals surface area (Å²) in [4.78, 5) is 11.0. The number of rotatable bonds is 5. The van der Waals surface area contributed by atoms with E-state index in [-0.39, 0.29) is 0 Å². The number of para-hydroxylation sites is 1. The maximum absolute atomic E-state index is 5.61. The second-order valence-corrected chi connectivity index (χ2v) is 16.7. The molecular formula is C61H38N2. The third-order valence-electron chi connectivity index (χ3n) is 13.5. The predicted octanol–water partition coefficient (Wildman–Crippen LogP) is 15.6. The van der Waals surface area contributed by atoms with Crippen molar-refractivity contribution in [2.24, 2.45) is 0 Å². The van der Waals surface area contributed by atoms with Gasteiger partial charge in [-0.05, 0) is 89.8 Å². The first-order valence-corrected chi connectivity index (χ1v) is 21.7. The molecule has 0 fully saturated rings. The molecular weight excluding hydrogens is 761 g/mol. The number of aromatic nitrogens is 2. The van der Waals surface area contributed by atoms with E-state index in [0.717, 1.165) is 44.0 Å². The highest BCUT2D eigenvalue weighted by Crippen LogP contribution is 2.57. The molecule has 12 aromatic rings. The number of hydrogen-bond donors (Lipinski definition) is 0. The zero-order chi connectivity index (χ0) is 41.5. The van der Waals surface area contributed by atoms with Crippen LogP contribution in [0.25, 0.3) is 98.9 Å². The van der Waals surface area contributed by atoms with Gasteiger partial charge in [-0.3, -0.25) is 0 Å². The molecule has 2 nitrogen and oxygen atoms in total. The van der Waals surface area contributed by atoms with Crippen LogP contribution >= 0.6 is 0 Å². The fraction of sp³-hybridized carbons (Fsp3) is 0.0164. The summed E-state index contributed by atoms with van der Waals surface area (Å²) in [5.74, 6) is 0. The molecule has 292 valence electrons. The molecule has 0 atom stereocenters. The summed E-state index contributed by atoms with van der Waals surface area (Å²) >= 11 is 0. The lowest BCUT2D eigenvalue weighted by atomic mass is 9.67. The van der Waals surface area contributed by atoms with Gasteiger partial charge in [-0.2, -0.15) is 0 Å². The highest BCUT2D eigenvalue weighted by Gasteiger charge is 2.46. The summed E-state index contributed by atoms with van der Waals surface area (Å²) in [5.41, 5.74) is 16.8. The van der Waals surface area contributed by atoms with Gasteiger partial charge in [0.2, 0.25) is 0 Å². The largest absolute Gasteiger partial charge is 0.245 e. The van der Waals surface area contributed by atoms with E-state index >= 15 is 0 Å². The standard InChI is InChI=1S/C61H38N2/c1-4-18-39(19-5-1)56-50-29-15-17-31-54(50)62-60-51(56)36-32-40-34-37-55(63-59(40)60)58-48-27-12-10-25-46(48)57(47-26-11-13-28-49(47)58)41-33-35-45-44-24-14-16-30-52(44)61(53(45)38-41,42-20-6-2-7-21-42)43-22-8-3-9-23-43/h1-38H. The van der Waals surface area contributed by atoms with Crippen molar-refractivity contribution in [3.05, 3.63) is 253 Å². The molecule has 63 heavy (non-hydrogen) atoms. The minimum Gasteiger partial charge on any atom is -0.245 e. The van der Waals surface area contributed by atoms with Crippen LogP contribution in [0.15, 0.2) is 231 Å². The lowest BCUT2D eigenvalue weighted by Gasteiger charge is -2.34. The van der Waals surface area contributed by atoms with Crippen molar-refractivity contribution in [1.29, 1.82) is 0 Å². The summed E-state index contributed by atoms with van der Waals surface area (Å²) in [5, 5.41) is 8.04. The van der Waals surface area contributed by atoms with Crippen molar-refractivity contribution < 1.29 is 0 Å². The van der Waals surface area contributed by atoms with Crippen molar-refractivity contribution in [2.45, 2.75) is 5.41 Å². The van der Waals surface area contributed by atoms with Crippen molar-refractivity contribution in [3.8, 4) is 44.6 Å². The molecule has 0 saturated heterocycles. The Balaban J connectivity index is 1.08. The fourth-order valence-electron chi connectivity index (χ4n) is 10.9. The van der Waals surface area contributed by atoms with E-state index in [2.05, 4.69) is 231 Å². The minimum atomic E-state index is -0.493. The average molecular weight is 799 g/mol. The van der Waals surface area contributed by atoms with Gasteiger partial charge >= 0.3 is 0 Å². The van der Waals surface area contributed by atoms with Gasteiger partial charge in [0.25, 0.3) is 0 Å². The molecule has 0 amide bonds. The van der Waals surface area contributed by atoms with Crippen LogP contribution in [0.4, 0.5) is 0 Å². The van der Waals surface area contributed by atoms with E-state index in [1.54, 1.807) is 0 Å². The van der Waals surface area contributed by atoms with Crippen LogP contribution in [0.3, 0.4) is 0 Å². The quantitative estimate of drug-likeness (QED) is 0.128. The van der Waals surface area contributed by atoms with Crippen molar-refractivity contribution in [2.75, 3.05) is 0 Å². The zero-order valence-corrected chi connectivity index (χ0v) is 34.3. The van der Waals surface area contributed by atoms with Crippen LogP contribution in [-0.2, 0) is 5.41 Å². The highest BCUT2D eigenvalue weighted by molar-refractivity contribution is 6.22. The maximum atomic E-state index is 5.61. The second kappa shape index (κ2) is 13.9. The summed E-state index contributed by atoms with van der Waals surface area (Å²) in [6.45, 7) is 0. The second-order valence-electron chi connectivity index (χ2n) is 16.7. The van der Waals surface area contributed by atoms with Crippen LogP contribution in [0, 0.1) is 0 Å². The van der Waals surface area contributed by atoms with Gasteiger partial charge in [-0.1, -0.05) is 212 Å². The van der Waals surface area contributed by atoms with Crippen LogP contribution in [0.2, 0.25) is 0 Å². The summed E-state index contributed by atoms with van der Waals surface area (Å²) in [6, 6.07) is 84.1. The van der Waals surface area contributed by atoms with E-state index in [1.165, 1.54) is 77.2 Å². The summed E-state index contributed by atoms with van der Waals surface area (Å²) < 4.78 is 0. The first kappa shape index (κ1) is 35.5. The Kier molecular flexibility index (Phi) is 7.85. The number of hydrogen-bond acceptors (Lipinski definition) is 2. The number of benzene rings is 10. The molecule has 1 aliphatic carbocycles. The molecule has 0 saturated carbocycles. The molecule has 2 aromatic heterocycles. The van der Waals surface area contributed by atoms with Gasteiger partial charge < -0.3 is 0 Å². The zero-order valence-electron chi connectivity index (χ0n) is 34.3. The molecule has 0 unspecified atom stereocenters. The smallest absolute Gasteiger partial charge is 0.0978 e. The lowest BCUT2D eigenvalue weighted by molar-refractivity contribution is 0.769. The summed E-state index contributed by atoms with van der Waals surface area (Å²) in [7, 11) is 0. The topological polar surface area (TPSA) is 25.8 Å². The number of nitrogens with zero attached hydrogens (tertiary/aromatic N) is 2. The predicted molar refractivity (Wildman–Crippen MR) is 263 cm³/mol. The van der Waals surface area contributed by atoms with Crippen molar-refractivity contribution in [1.82, 2.24) is 9.97 Å². The van der Waals surface area contributed by atoms with E-state index in [0.29, 0.717) is 0 Å². The van der Waals surface area contributed by atoms with Gasteiger partial charge in [0.1, 0.15) is 0 Å². The molecule has 0 N–H and O–H groups in total. The van der Waals surface area contributed by atoms with Crippen LogP contribution in [0.1, 0.15) is 22.3 Å². The Labute approximate surface area is 365 Å². The highest BCUT2D eigenvalue weighted by atomic mass is 14.8. The molecule has 0 radical (unpaired) electrons. The molecule has 0 bridgehead atoms. The van der Waals surface area contributed by atoms with E-state index in [4.69, 9.17) is 9.97 Å². The Hall–Kier alpha value is -8.20. The first-order chi connectivity index (χ1) is 31.3. The van der Waals surface area contributed by atoms with E-state index in [9.17, 15) is 0 Å². The Morgan fingerprint density at radius 2 is 0.825 bits per heavy atom. The number of pyridine rings is 2. The first-order valence-electron chi connectivity index (χ1n) is 21.7. The van der Waals surface area contributed by atoms with Gasteiger partial charge in [-0.15, -0.1) is 0 Å². The van der Waals surface area contributed by atoms with E-state index < -0.39 is 5.41 Å². The van der Waals surface area contributed by atoms with Crippen LogP contribution < -0.4 is 0 Å². The molecule has 2 heteroatoms. The molecule has 13 rings (SSSR count). The van der Waals surface area contributed by atoms with Crippen LogP contribution in [-0.4, -0.2) is 9.97 Å². The van der Waals surface area contributed by atoms with Gasteiger partial charge in [0.15, 0.2) is 0 Å². The molecule has 0 spiro atoms. The Bertz CT molecular complexity index is 3680. The fourth-order valence-corrected chi connectivity index (χ4v) is 10.9. The molecule has 1 aliphatic rings. The average Bonchev–Trinajstić information content (AvgIpc) is 3.65. The number of fused-ring (bicyclic) bond motifs is 9. The summed E-state index contributed by atoms with van der Waals surface area (Å²) in [6.07, 6.45) is 0. The third-order valence-corrected chi connectivity index (χ3v) is 13.5. The van der Waals surface area contributed by atoms with Crippen LogP contribution in [0.5, 0.6) is 0 Å². The van der Waals surface area contributed by atoms with Gasteiger partial charge in [0, 0.05) is 27.3 Å². The Morgan fingerprint density at radius 3 is 1.51 bits per heavy atom. The van der Waals surface area contributed by atoms with E-state index in [1.807, 2.05) is 0 Å². The molecule has 0 aliphatic heterocycles. The van der Waals surface area contributed by atoms with Crippen molar-refractivity contribution in [3.63, 3.8) is 0 Å². The van der Waals surface area contributed by atoms with Crippen molar-refractivity contribution >= 4 is 54.3 Å². The Morgan fingerprint density at radius 1 is 0.302 bits per heavy atom. The monoisotopic (exact) mass is 798 g/mol. The van der Waals surface area contributed by atoms with Gasteiger partial charge in [0.05, 0.1) is 27.7 Å². The SMILES string of the molecule is c1ccc(-c2c3ccccc3nc3c2ccc2ccc(-c4c5ccccc5c(-c5ccc6c(c5)C(c5ccccc5)(c5ccccc5)c5ccccc5-6)c5ccccc45)nc23)cc1. The van der Waals surface area contributed by atoms with Gasteiger partial charge in [-0.25, -0.2) is 9.97 Å². The lowest BCUT2D eigenvalue weighted by Crippen LogP contribution is -2.28. The minimum absolute atomic E-state index is 0.493.